The van der Waals surface area contributed by atoms with Crippen LogP contribution in [0.25, 0.3) is 0 Å². The van der Waals surface area contributed by atoms with Gasteiger partial charge in [-0.05, 0) is 25.7 Å². The number of ether oxygens (including phenoxy) is 1. The Morgan fingerprint density at radius 2 is 2.18 bits per heavy atom. The highest BCUT2D eigenvalue weighted by molar-refractivity contribution is 4.71. The second-order valence-electron chi connectivity index (χ2n) is 3.35. The molecule has 0 aromatic rings. The van der Waals surface area contributed by atoms with Crippen molar-refractivity contribution in [3.63, 3.8) is 0 Å². The molecule has 11 heavy (non-hydrogen) atoms. The van der Waals surface area contributed by atoms with E-state index in [1.165, 1.54) is 38.5 Å². The van der Waals surface area contributed by atoms with E-state index in [1.54, 1.807) is 0 Å². The van der Waals surface area contributed by atoms with Crippen LogP contribution in [0.1, 0.15) is 51.9 Å². The van der Waals surface area contributed by atoms with E-state index in [2.05, 4.69) is 6.92 Å². The van der Waals surface area contributed by atoms with Gasteiger partial charge in [0.25, 0.3) is 0 Å². The lowest BCUT2D eigenvalue weighted by molar-refractivity contribution is 0.0398. The summed E-state index contributed by atoms with van der Waals surface area (Å²) in [5.41, 5.74) is 0. The number of unbranched alkanes of at least 4 members (excludes halogenated alkanes) is 3. The summed E-state index contributed by atoms with van der Waals surface area (Å²) in [6.45, 7) is 4.24. The first-order chi connectivity index (χ1) is 5.43. The first kappa shape index (κ1) is 9.05. The van der Waals surface area contributed by atoms with E-state index < -0.39 is 0 Å². The van der Waals surface area contributed by atoms with Crippen molar-refractivity contribution in [2.75, 3.05) is 0 Å². The maximum absolute atomic E-state index is 5.50. The van der Waals surface area contributed by atoms with Gasteiger partial charge in [0, 0.05) is 0 Å². The van der Waals surface area contributed by atoms with Crippen molar-refractivity contribution >= 4 is 0 Å². The standard InChI is InChI=1S/C10H19O/c1-2-3-4-5-9-11-10-7-6-8-10/h9-10H,2-8H2,1H3. The molecule has 0 aromatic carbocycles. The van der Waals surface area contributed by atoms with Crippen LogP contribution in [0.15, 0.2) is 0 Å². The van der Waals surface area contributed by atoms with Crippen LogP contribution < -0.4 is 0 Å². The molecule has 1 fully saturated rings. The first-order valence-corrected chi connectivity index (χ1v) is 4.90. The lowest BCUT2D eigenvalue weighted by Gasteiger charge is -2.25. The second kappa shape index (κ2) is 5.59. The summed E-state index contributed by atoms with van der Waals surface area (Å²) in [5, 5.41) is 0. The Morgan fingerprint density at radius 3 is 2.73 bits per heavy atom. The Morgan fingerprint density at radius 1 is 1.36 bits per heavy atom. The molecule has 1 aliphatic carbocycles. The van der Waals surface area contributed by atoms with Gasteiger partial charge in [-0.2, -0.15) is 0 Å². The van der Waals surface area contributed by atoms with Crippen molar-refractivity contribution in [1.29, 1.82) is 0 Å². The van der Waals surface area contributed by atoms with Crippen LogP contribution in [0.4, 0.5) is 0 Å². The van der Waals surface area contributed by atoms with Crippen LogP contribution in [-0.4, -0.2) is 6.10 Å². The Bertz CT molecular complexity index is 86.9. The van der Waals surface area contributed by atoms with Gasteiger partial charge in [-0.25, -0.2) is 0 Å². The average molecular weight is 155 g/mol. The predicted octanol–water partition coefficient (Wildman–Crippen LogP) is 3.30. The fourth-order valence-electron chi connectivity index (χ4n) is 1.19. The lowest BCUT2D eigenvalue weighted by Crippen LogP contribution is -2.20. The largest absolute Gasteiger partial charge is 0.372 e. The molecule has 0 aliphatic heterocycles. The van der Waals surface area contributed by atoms with E-state index >= 15 is 0 Å². The van der Waals surface area contributed by atoms with Crippen molar-refractivity contribution in [3.05, 3.63) is 6.61 Å². The smallest absolute Gasteiger partial charge is 0.0840 e. The molecule has 0 spiro atoms. The molecule has 0 saturated heterocycles. The molecule has 0 heterocycles. The minimum Gasteiger partial charge on any atom is -0.372 e. The van der Waals surface area contributed by atoms with E-state index in [9.17, 15) is 0 Å². The van der Waals surface area contributed by atoms with Crippen LogP contribution in [0.5, 0.6) is 0 Å². The molecule has 0 atom stereocenters. The zero-order valence-electron chi connectivity index (χ0n) is 7.51. The lowest BCUT2D eigenvalue weighted by atomic mass is 9.96. The quantitative estimate of drug-likeness (QED) is 0.535. The van der Waals surface area contributed by atoms with Crippen LogP contribution >= 0.6 is 0 Å². The molecule has 1 saturated carbocycles. The maximum Gasteiger partial charge on any atom is 0.0840 e. The van der Waals surface area contributed by atoms with Crippen LogP contribution in [0.2, 0.25) is 0 Å². The monoisotopic (exact) mass is 155 g/mol. The molecule has 1 nitrogen and oxygen atoms in total. The molecule has 1 heteroatoms. The molecular formula is C10H19O. The summed E-state index contributed by atoms with van der Waals surface area (Å²) < 4.78 is 5.50. The fourth-order valence-corrected chi connectivity index (χ4v) is 1.19. The van der Waals surface area contributed by atoms with Crippen molar-refractivity contribution in [1.82, 2.24) is 0 Å². The Hall–Kier alpha value is -0.0400. The van der Waals surface area contributed by atoms with E-state index in [1.807, 2.05) is 6.61 Å². The third-order valence-corrected chi connectivity index (χ3v) is 2.27. The highest BCUT2D eigenvalue weighted by atomic mass is 16.5. The summed E-state index contributed by atoms with van der Waals surface area (Å²) in [5.74, 6) is 0. The van der Waals surface area contributed by atoms with Crippen molar-refractivity contribution < 1.29 is 4.74 Å². The zero-order valence-corrected chi connectivity index (χ0v) is 7.51. The summed E-state index contributed by atoms with van der Waals surface area (Å²) in [6.07, 6.45) is 9.59. The van der Waals surface area contributed by atoms with Gasteiger partial charge in [-0.1, -0.05) is 26.2 Å². The van der Waals surface area contributed by atoms with Gasteiger partial charge < -0.3 is 4.74 Å². The molecule has 65 valence electrons. The van der Waals surface area contributed by atoms with Gasteiger partial charge in [-0.3, -0.25) is 0 Å². The molecule has 0 unspecified atom stereocenters. The summed E-state index contributed by atoms with van der Waals surface area (Å²) in [4.78, 5) is 0. The molecule has 0 amide bonds. The number of hydrogen-bond donors (Lipinski definition) is 0. The maximum atomic E-state index is 5.50. The van der Waals surface area contributed by atoms with Crippen LogP contribution in [-0.2, 0) is 4.74 Å². The predicted molar refractivity (Wildman–Crippen MR) is 47.2 cm³/mol. The van der Waals surface area contributed by atoms with Gasteiger partial charge in [0.2, 0.25) is 0 Å². The highest BCUT2D eigenvalue weighted by Gasteiger charge is 2.17. The fraction of sp³-hybridized carbons (Fsp3) is 0.900. The number of hydrogen-bond acceptors (Lipinski definition) is 1. The first-order valence-electron chi connectivity index (χ1n) is 4.90. The second-order valence-corrected chi connectivity index (χ2v) is 3.35. The third-order valence-electron chi connectivity index (χ3n) is 2.27. The van der Waals surface area contributed by atoms with E-state index in [0.717, 1.165) is 6.42 Å². The number of rotatable bonds is 6. The zero-order chi connectivity index (χ0) is 7.94. The van der Waals surface area contributed by atoms with Crippen LogP contribution in [0.3, 0.4) is 0 Å². The summed E-state index contributed by atoms with van der Waals surface area (Å²) >= 11 is 0. The Kier molecular flexibility index (Phi) is 4.60. The minimum atomic E-state index is 0.580. The summed E-state index contributed by atoms with van der Waals surface area (Å²) in [6, 6.07) is 0. The topological polar surface area (TPSA) is 9.23 Å². The third kappa shape index (κ3) is 3.76. The average Bonchev–Trinajstić information content (AvgIpc) is 1.93. The molecule has 1 aliphatic rings. The molecule has 1 radical (unpaired) electrons. The van der Waals surface area contributed by atoms with Gasteiger partial charge in [0.1, 0.15) is 0 Å². The van der Waals surface area contributed by atoms with E-state index in [0.29, 0.717) is 6.10 Å². The van der Waals surface area contributed by atoms with Gasteiger partial charge in [-0.15, -0.1) is 0 Å². The van der Waals surface area contributed by atoms with Gasteiger partial charge >= 0.3 is 0 Å². The van der Waals surface area contributed by atoms with Crippen molar-refractivity contribution in [3.8, 4) is 0 Å². The molecule has 0 aromatic heterocycles. The molecule has 0 bridgehead atoms. The van der Waals surface area contributed by atoms with Gasteiger partial charge in [0.15, 0.2) is 0 Å². The normalized spacial score (nSPS) is 18.3. The van der Waals surface area contributed by atoms with Gasteiger partial charge in [0.05, 0.1) is 12.7 Å². The SMILES string of the molecule is CCCCC[CH]OC1CCC1. The summed E-state index contributed by atoms with van der Waals surface area (Å²) in [7, 11) is 0. The Labute approximate surface area is 70.1 Å². The van der Waals surface area contributed by atoms with E-state index in [-0.39, 0.29) is 0 Å². The molecular weight excluding hydrogens is 136 g/mol. The highest BCUT2D eigenvalue weighted by Crippen LogP contribution is 2.23. The van der Waals surface area contributed by atoms with Crippen LogP contribution in [0, 0.1) is 6.61 Å². The Balaban J connectivity index is 1.73. The van der Waals surface area contributed by atoms with E-state index in [4.69, 9.17) is 4.74 Å². The van der Waals surface area contributed by atoms with Crippen molar-refractivity contribution in [2.45, 2.75) is 58.0 Å². The molecule has 1 rings (SSSR count). The minimum absolute atomic E-state index is 0.580. The van der Waals surface area contributed by atoms with Crippen molar-refractivity contribution in [2.24, 2.45) is 0 Å². The molecule has 0 N–H and O–H groups in total.